The molecule has 16 heavy (non-hydrogen) atoms. The van der Waals surface area contributed by atoms with Crippen molar-refractivity contribution in [2.45, 2.75) is 12.2 Å². The fraction of sp³-hybridized carbons (Fsp3) is 0.300. The number of benzene rings is 1. The van der Waals surface area contributed by atoms with Crippen molar-refractivity contribution in [1.29, 1.82) is 0 Å². The van der Waals surface area contributed by atoms with Crippen molar-refractivity contribution < 1.29 is 22.7 Å². The van der Waals surface area contributed by atoms with Crippen molar-refractivity contribution in [3.05, 3.63) is 35.9 Å². The standard InChI is InChI=1S/C10H10F3NO2/c1-16-9(15)14-8(10(11,12)13)7-5-3-2-4-6-7/h2-6,8H,1H3,(H,14,15). The summed E-state index contributed by atoms with van der Waals surface area (Å²) >= 11 is 0. The van der Waals surface area contributed by atoms with E-state index in [9.17, 15) is 18.0 Å². The zero-order valence-corrected chi connectivity index (χ0v) is 8.41. The molecule has 0 aliphatic heterocycles. The van der Waals surface area contributed by atoms with Gasteiger partial charge in [0.2, 0.25) is 0 Å². The molecule has 6 heteroatoms. The van der Waals surface area contributed by atoms with Gasteiger partial charge in [-0.1, -0.05) is 30.3 Å². The van der Waals surface area contributed by atoms with Gasteiger partial charge in [-0.2, -0.15) is 13.2 Å². The van der Waals surface area contributed by atoms with Crippen molar-refractivity contribution >= 4 is 6.09 Å². The summed E-state index contributed by atoms with van der Waals surface area (Å²) in [7, 11) is 1.01. The topological polar surface area (TPSA) is 38.3 Å². The second-order valence-electron chi connectivity index (χ2n) is 3.02. The number of halogens is 3. The maximum Gasteiger partial charge on any atom is 0.412 e. The third-order valence-corrected chi connectivity index (χ3v) is 1.91. The van der Waals surface area contributed by atoms with E-state index in [-0.39, 0.29) is 5.56 Å². The molecule has 0 radical (unpaired) electrons. The van der Waals surface area contributed by atoms with E-state index in [1.54, 1.807) is 11.4 Å². The molecule has 0 bridgehead atoms. The van der Waals surface area contributed by atoms with Crippen molar-refractivity contribution in [2.75, 3.05) is 7.11 Å². The van der Waals surface area contributed by atoms with Gasteiger partial charge in [0, 0.05) is 0 Å². The number of alkyl carbamates (subject to hydrolysis) is 1. The molecule has 88 valence electrons. The Hall–Kier alpha value is -1.72. The summed E-state index contributed by atoms with van der Waals surface area (Å²) in [4.78, 5) is 10.8. The van der Waals surface area contributed by atoms with Crippen LogP contribution < -0.4 is 5.32 Å². The molecule has 3 nitrogen and oxygen atoms in total. The fourth-order valence-corrected chi connectivity index (χ4v) is 1.18. The van der Waals surface area contributed by atoms with E-state index < -0.39 is 18.3 Å². The van der Waals surface area contributed by atoms with E-state index in [0.29, 0.717) is 0 Å². The predicted octanol–water partition coefficient (Wildman–Crippen LogP) is 2.65. The number of rotatable bonds is 2. The number of carbonyl (C=O) groups excluding carboxylic acids is 1. The van der Waals surface area contributed by atoms with E-state index in [1.807, 2.05) is 0 Å². The average molecular weight is 233 g/mol. The van der Waals surface area contributed by atoms with Crippen molar-refractivity contribution in [3.63, 3.8) is 0 Å². The van der Waals surface area contributed by atoms with Gasteiger partial charge < -0.3 is 10.1 Å². The molecule has 1 aromatic rings. The zero-order chi connectivity index (χ0) is 12.2. The van der Waals surface area contributed by atoms with Crippen LogP contribution in [0, 0.1) is 0 Å². The number of ether oxygens (including phenoxy) is 1. The Labute approximate surface area is 90.2 Å². The van der Waals surface area contributed by atoms with Gasteiger partial charge >= 0.3 is 12.3 Å². The Kier molecular flexibility index (Phi) is 3.76. The normalized spacial score (nSPS) is 13.0. The molecular weight excluding hydrogens is 223 g/mol. The summed E-state index contributed by atoms with van der Waals surface area (Å²) < 4.78 is 42.0. The summed E-state index contributed by atoms with van der Waals surface area (Å²) in [6.45, 7) is 0. The van der Waals surface area contributed by atoms with Gasteiger partial charge in [-0.05, 0) is 5.56 Å². The largest absolute Gasteiger partial charge is 0.453 e. The highest BCUT2D eigenvalue weighted by molar-refractivity contribution is 5.67. The highest BCUT2D eigenvalue weighted by Gasteiger charge is 2.42. The summed E-state index contributed by atoms with van der Waals surface area (Å²) in [5, 5.41) is 1.74. The molecule has 0 saturated heterocycles. The maximum absolute atomic E-state index is 12.6. The smallest absolute Gasteiger partial charge is 0.412 e. The summed E-state index contributed by atoms with van der Waals surface area (Å²) in [6, 6.07) is 5.04. The highest BCUT2D eigenvalue weighted by atomic mass is 19.4. The van der Waals surface area contributed by atoms with Crippen LogP contribution >= 0.6 is 0 Å². The second-order valence-corrected chi connectivity index (χ2v) is 3.02. The van der Waals surface area contributed by atoms with Gasteiger partial charge in [-0.3, -0.25) is 0 Å². The van der Waals surface area contributed by atoms with Crippen LogP contribution in [0.25, 0.3) is 0 Å². The number of alkyl halides is 3. The highest BCUT2D eigenvalue weighted by Crippen LogP contribution is 2.32. The third-order valence-electron chi connectivity index (χ3n) is 1.91. The fourth-order valence-electron chi connectivity index (χ4n) is 1.18. The lowest BCUT2D eigenvalue weighted by Crippen LogP contribution is -2.37. The molecule has 1 unspecified atom stereocenters. The molecule has 0 aliphatic rings. The van der Waals surface area contributed by atoms with Crippen LogP contribution in [0.4, 0.5) is 18.0 Å². The second kappa shape index (κ2) is 4.87. The Balaban J connectivity index is 2.93. The van der Waals surface area contributed by atoms with Gasteiger partial charge in [0.1, 0.15) is 0 Å². The number of methoxy groups -OCH3 is 1. The predicted molar refractivity (Wildman–Crippen MR) is 50.8 cm³/mol. The minimum Gasteiger partial charge on any atom is -0.453 e. The van der Waals surface area contributed by atoms with Gasteiger partial charge in [0.25, 0.3) is 0 Å². The summed E-state index contributed by atoms with van der Waals surface area (Å²) in [5.74, 6) is 0. The molecular formula is C10H10F3NO2. The minimum atomic E-state index is -4.56. The summed E-state index contributed by atoms with van der Waals surface area (Å²) in [6.07, 6.45) is -5.68. The van der Waals surface area contributed by atoms with Crippen LogP contribution in [-0.4, -0.2) is 19.4 Å². The first kappa shape index (κ1) is 12.4. The van der Waals surface area contributed by atoms with Crippen molar-refractivity contribution in [1.82, 2.24) is 5.32 Å². The van der Waals surface area contributed by atoms with Gasteiger partial charge in [0.15, 0.2) is 6.04 Å². The molecule has 0 saturated carbocycles. The molecule has 0 aromatic heterocycles. The summed E-state index contributed by atoms with van der Waals surface area (Å²) in [5.41, 5.74) is -0.0413. The Morgan fingerprint density at radius 1 is 1.31 bits per heavy atom. The van der Waals surface area contributed by atoms with Crippen LogP contribution in [-0.2, 0) is 4.74 Å². The van der Waals surface area contributed by atoms with Crippen molar-refractivity contribution in [3.8, 4) is 0 Å². The maximum atomic E-state index is 12.6. The lowest BCUT2D eigenvalue weighted by Gasteiger charge is -2.21. The quantitative estimate of drug-likeness (QED) is 0.852. The zero-order valence-electron chi connectivity index (χ0n) is 8.41. The number of nitrogens with one attached hydrogen (secondary N) is 1. The van der Waals surface area contributed by atoms with Crippen LogP contribution in [0.1, 0.15) is 11.6 Å². The van der Waals surface area contributed by atoms with Crippen LogP contribution in [0.3, 0.4) is 0 Å². The Bertz CT molecular complexity index is 351. The first-order chi connectivity index (χ1) is 7.45. The van der Waals surface area contributed by atoms with E-state index in [0.717, 1.165) is 7.11 Å². The van der Waals surface area contributed by atoms with Crippen LogP contribution in [0.15, 0.2) is 30.3 Å². The minimum absolute atomic E-state index is 0.0413. The van der Waals surface area contributed by atoms with Gasteiger partial charge in [-0.15, -0.1) is 0 Å². The first-order valence-electron chi connectivity index (χ1n) is 4.41. The van der Waals surface area contributed by atoms with E-state index >= 15 is 0 Å². The monoisotopic (exact) mass is 233 g/mol. The first-order valence-corrected chi connectivity index (χ1v) is 4.41. The van der Waals surface area contributed by atoms with Crippen LogP contribution in [0.2, 0.25) is 0 Å². The Morgan fingerprint density at radius 3 is 2.31 bits per heavy atom. The van der Waals surface area contributed by atoms with Crippen molar-refractivity contribution in [2.24, 2.45) is 0 Å². The molecule has 0 aliphatic carbocycles. The third kappa shape index (κ3) is 3.15. The lowest BCUT2D eigenvalue weighted by molar-refractivity contribution is -0.156. The van der Waals surface area contributed by atoms with E-state index in [1.165, 1.54) is 24.3 Å². The van der Waals surface area contributed by atoms with E-state index in [4.69, 9.17) is 0 Å². The molecule has 1 rings (SSSR count). The molecule has 1 atom stereocenters. The molecule has 1 N–H and O–H groups in total. The SMILES string of the molecule is COC(=O)NC(c1ccccc1)C(F)(F)F. The van der Waals surface area contributed by atoms with Gasteiger partial charge in [-0.25, -0.2) is 4.79 Å². The van der Waals surface area contributed by atoms with Crippen LogP contribution in [0.5, 0.6) is 0 Å². The molecule has 0 fully saturated rings. The number of amides is 1. The Morgan fingerprint density at radius 2 is 1.88 bits per heavy atom. The average Bonchev–Trinajstić information content (AvgIpc) is 2.25. The molecule has 1 amide bonds. The van der Waals surface area contributed by atoms with E-state index in [2.05, 4.69) is 4.74 Å². The molecule has 0 spiro atoms. The number of hydrogen-bond acceptors (Lipinski definition) is 2. The number of carbonyl (C=O) groups is 1. The molecule has 0 heterocycles. The van der Waals surface area contributed by atoms with Gasteiger partial charge in [0.05, 0.1) is 7.11 Å². The molecule has 1 aromatic carbocycles. The number of hydrogen-bond donors (Lipinski definition) is 1. The lowest BCUT2D eigenvalue weighted by atomic mass is 10.1.